The second kappa shape index (κ2) is 6.16. The number of methoxy groups -OCH3 is 1. The standard InChI is InChI=1S/C12H12ClNO4/c1-7(15)5-11(16)14-8-3-4-10(13)9(6-8)12(17)18-2/h3-4,6H,5H2,1-2H3,(H,14,16). The zero-order valence-corrected chi connectivity index (χ0v) is 10.7. The summed E-state index contributed by atoms with van der Waals surface area (Å²) in [5.74, 6) is -1.28. The molecule has 1 aromatic rings. The zero-order chi connectivity index (χ0) is 13.7. The van der Waals surface area contributed by atoms with Gasteiger partial charge in [-0.25, -0.2) is 4.79 Å². The van der Waals surface area contributed by atoms with Gasteiger partial charge in [0.2, 0.25) is 5.91 Å². The van der Waals surface area contributed by atoms with E-state index in [9.17, 15) is 14.4 Å². The molecule has 0 saturated heterocycles. The SMILES string of the molecule is COC(=O)c1cc(NC(=O)CC(C)=O)ccc1Cl. The van der Waals surface area contributed by atoms with Crippen LogP contribution in [-0.4, -0.2) is 24.8 Å². The molecule has 1 amide bonds. The number of carbonyl (C=O) groups is 3. The number of esters is 1. The highest BCUT2D eigenvalue weighted by Gasteiger charge is 2.13. The molecule has 0 radical (unpaired) electrons. The lowest BCUT2D eigenvalue weighted by molar-refractivity contribution is -0.124. The Bertz CT molecular complexity index is 499. The van der Waals surface area contributed by atoms with Crippen LogP contribution < -0.4 is 5.32 Å². The molecule has 0 saturated carbocycles. The lowest BCUT2D eigenvalue weighted by Gasteiger charge is -2.07. The number of ether oxygens (including phenoxy) is 1. The number of carbonyl (C=O) groups excluding carboxylic acids is 3. The molecule has 0 fully saturated rings. The van der Waals surface area contributed by atoms with Crippen LogP contribution in [0.25, 0.3) is 0 Å². The third-order valence-electron chi connectivity index (χ3n) is 2.06. The van der Waals surface area contributed by atoms with Gasteiger partial charge in [0.1, 0.15) is 5.78 Å². The predicted molar refractivity (Wildman–Crippen MR) is 66.7 cm³/mol. The van der Waals surface area contributed by atoms with Crippen molar-refractivity contribution in [3.63, 3.8) is 0 Å². The summed E-state index contributed by atoms with van der Waals surface area (Å²) in [6, 6.07) is 4.40. The number of amides is 1. The van der Waals surface area contributed by atoms with E-state index in [1.54, 1.807) is 0 Å². The molecule has 0 unspecified atom stereocenters. The normalized spacial score (nSPS) is 9.72. The molecule has 0 aliphatic rings. The number of rotatable bonds is 4. The summed E-state index contributed by atoms with van der Waals surface area (Å²) in [6.45, 7) is 1.32. The van der Waals surface area contributed by atoms with Crippen LogP contribution >= 0.6 is 11.6 Å². The maximum Gasteiger partial charge on any atom is 0.339 e. The van der Waals surface area contributed by atoms with Crippen molar-refractivity contribution >= 4 is 34.9 Å². The molecule has 5 nitrogen and oxygen atoms in total. The van der Waals surface area contributed by atoms with E-state index in [0.717, 1.165) is 0 Å². The van der Waals surface area contributed by atoms with Gasteiger partial charge in [-0.05, 0) is 25.1 Å². The minimum Gasteiger partial charge on any atom is -0.465 e. The van der Waals surface area contributed by atoms with Crippen molar-refractivity contribution in [3.8, 4) is 0 Å². The molecule has 0 aliphatic carbocycles. The summed E-state index contributed by atoms with van der Waals surface area (Å²) in [5, 5.41) is 2.72. The molecular formula is C12H12ClNO4. The van der Waals surface area contributed by atoms with E-state index in [4.69, 9.17) is 11.6 Å². The van der Waals surface area contributed by atoms with Gasteiger partial charge < -0.3 is 10.1 Å². The first-order valence-electron chi connectivity index (χ1n) is 5.11. The molecule has 1 aromatic carbocycles. The molecular weight excluding hydrogens is 258 g/mol. The second-order valence-corrected chi connectivity index (χ2v) is 4.02. The van der Waals surface area contributed by atoms with Crippen molar-refractivity contribution in [1.82, 2.24) is 0 Å². The van der Waals surface area contributed by atoms with Gasteiger partial charge in [-0.2, -0.15) is 0 Å². The third kappa shape index (κ3) is 3.85. The molecule has 0 atom stereocenters. The van der Waals surface area contributed by atoms with E-state index in [0.29, 0.717) is 5.69 Å². The number of hydrogen-bond donors (Lipinski definition) is 1. The van der Waals surface area contributed by atoms with Crippen molar-refractivity contribution < 1.29 is 19.1 Å². The summed E-state index contributed by atoms with van der Waals surface area (Å²) in [6.07, 6.45) is -0.212. The van der Waals surface area contributed by atoms with E-state index in [1.165, 1.54) is 32.2 Å². The fourth-order valence-corrected chi connectivity index (χ4v) is 1.50. The van der Waals surface area contributed by atoms with E-state index in [1.807, 2.05) is 0 Å². The first kappa shape index (κ1) is 14.2. The number of nitrogens with one attached hydrogen (secondary N) is 1. The molecule has 96 valence electrons. The van der Waals surface area contributed by atoms with Crippen LogP contribution in [0.4, 0.5) is 5.69 Å². The summed E-state index contributed by atoms with van der Waals surface area (Å²) >= 11 is 5.82. The second-order valence-electron chi connectivity index (χ2n) is 3.61. The van der Waals surface area contributed by atoms with Crippen molar-refractivity contribution in [3.05, 3.63) is 28.8 Å². The van der Waals surface area contributed by atoms with Crippen LogP contribution in [0, 0.1) is 0 Å². The Morgan fingerprint density at radius 1 is 1.33 bits per heavy atom. The first-order chi connectivity index (χ1) is 8.43. The van der Waals surface area contributed by atoms with Gasteiger partial charge in [-0.3, -0.25) is 9.59 Å². The van der Waals surface area contributed by atoms with Crippen LogP contribution in [0.2, 0.25) is 5.02 Å². The Morgan fingerprint density at radius 2 is 2.00 bits per heavy atom. The molecule has 0 heterocycles. The number of anilines is 1. The lowest BCUT2D eigenvalue weighted by atomic mass is 10.2. The van der Waals surface area contributed by atoms with Crippen LogP contribution in [0.3, 0.4) is 0 Å². The minimum atomic E-state index is -0.595. The number of benzene rings is 1. The van der Waals surface area contributed by atoms with Gasteiger partial charge in [0.25, 0.3) is 0 Å². The highest BCUT2D eigenvalue weighted by molar-refractivity contribution is 6.33. The van der Waals surface area contributed by atoms with Gasteiger partial charge in [-0.1, -0.05) is 11.6 Å². The molecule has 18 heavy (non-hydrogen) atoms. The molecule has 0 aliphatic heterocycles. The maximum absolute atomic E-state index is 11.4. The van der Waals surface area contributed by atoms with Gasteiger partial charge in [0, 0.05) is 5.69 Å². The zero-order valence-electron chi connectivity index (χ0n) is 9.95. The average Bonchev–Trinajstić information content (AvgIpc) is 2.29. The topological polar surface area (TPSA) is 72.5 Å². The third-order valence-corrected chi connectivity index (χ3v) is 2.39. The Kier molecular flexibility index (Phi) is 4.85. The lowest BCUT2D eigenvalue weighted by Crippen LogP contribution is -2.15. The average molecular weight is 270 g/mol. The van der Waals surface area contributed by atoms with E-state index in [2.05, 4.69) is 10.1 Å². The molecule has 1 N–H and O–H groups in total. The number of halogens is 1. The van der Waals surface area contributed by atoms with Crippen molar-refractivity contribution in [2.75, 3.05) is 12.4 Å². The van der Waals surface area contributed by atoms with Gasteiger partial charge in [-0.15, -0.1) is 0 Å². The predicted octanol–water partition coefficient (Wildman–Crippen LogP) is 2.04. The summed E-state index contributed by atoms with van der Waals surface area (Å²) in [5.41, 5.74) is 0.533. The maximum atomic E-state index is 11.4. The summed E-state index contributed by atoms with van der Waals surface area (Å²) in [7, 11) is 1.24. The van der Waals surface area contributed by atoms with Crippen molar-refractivity contribution in [1.29, 1.82) is 0 Å². The van der Waals surface area contributed by atoms with Gasteiger partial charge in [0.05, 0.1) is 24.1 Å². The van der Waals surface area contributed by atoms with E-state index >= 15 is 0 Å². The van der Waals surface area contributed by atoms with Crippen molar-refractivity contribution in [2.24, 2.45) is 0 Å². The van der Waals surface area contributed by atoms with E-state index < -0.39 is 11.9 Å². The molecule has 0 bridgehead atoms. The van der Waals surface area contributed by atoms with Crippen molar-refractivity contribution in [2.45, 2.75) is 13.3 Å². The molecule has 0 spiro atoms. The molecule has 0 aromatic heterocycles. The first-order valence-corrected chi connectivity index (χ1v) is 5.49. The molecule has 6 heteroatoms. The van der Waals surface area contributed by atoms with Gasteiger partial charge in [0.15, 0.2) is 0 Å². The van der Waals surface area contributed by atoms with Crippen LogP contribution in [0.5, 0.6) is 0 Å². The minimum absolute atomic E-state index is 0.153. The van der Waals surface area contributed by atoms with Crippen LogP contribution in [-0.2, 0) is 14.3 Å². The highest BCUT2D eigenvalue weighted by atomic mass is 35.5. The fraction of sp³-hybridized carbons (Fsp3) is 0.250. The van der Waals surface area contributed by atoms with Crippen LogP contribution in [0.1, 0.15) is 23.7 Å². The van der Waals surface area contributed by atoms with E-state index in [-0.39, 0.29) is 22.8 Å². The summed E-state index contributed by atoms with van der Waals surface area (Å²) < 4.78 is 4.55. The van der Waals surface area contributed by atoms with Gasteiger partial charge >= 0.3 is 5.97 Å². The monoisotopic (exact) mass is 269 g/mol. The largest absolute Gasteiger partial charge is 0.465 e. The quantitative estimate of drug-likeness (QED) is 0.671. The Labute approximate surface area is 109 Å². The Balaban J connectivity index is 2.88. The van der Waals surface area contributed by atoms with Crippen LogP contribution in [0.15, 0.2) is 18.2 Å². The Hall–Kier alpha value is -1.88. The number of hydrogen-bond acceptors (Lipinski definition) is 4. The smallest absolute Gasteiger partial charge is 0.339 e. The number of Topliss-reactive ketones (excluding diaryl/α,β-unsaturated/α-hetero) is 1. The number of ketones is 1. The molecule has 1 rings (SSSR count). The Morgan fingerprint density at radius 3 is 2.56 bits per heavy atom. The summed E-state index contributed by atoms with van der Waals surface area (Å²) in [4.78, 5) is 33.5. The fourth-order valence-electron chi connectivity index (χ4n) is 1.30. The highest BCUT2D eigenvalue weighted by Crippen LogP contribution is 2.21.